The first-order chi connectivity index (χ1) is 7.25. The smallest absolute Gasteiger partial charge is 0.0984 e. The van der Waals surface area contributed by atoms with Crippen LogP contribution in [-0.4, -0.2) is 9.97 Å². The minimum Gasteiger partial charge on any atom is -0.261 e. The Bertz CT molecular complexity index is 472. The third-order valence-electron chi connectivity index (χ3n) is 1.80. The molecule has 0 aliphatic carbocycles. The van der Waals surface area contributed by atoms with Gasteiger partial charge >= 0.3 is 0 Å². The van der Waals surface area contributed by atoms with E-state index in [1.807, 2.05) is 11.4 Å². The van der Waals surface area contributed by atoms with Crippen molar-refractivity contribution in [2.75, 3.05) is 0 Å². The van der Waals surface area contributed by atoms with Crippen LogP contribution in [0.25, 0.3) is 16.6 Å². The van der Waals surface area contributed by atoms with E-state index in [1.54, 1.807) is 18.6 Å². The van der Waals surface area contributed by atoms with Gasteiger partial charge in [-0.2, -0.15) is 0 Å². The lowest BCUT2D eigenvalue weighted by atomic mass is 10.2. The first-order valence-electron chi connectivity index (χ1n) is 4.44. The Balaban J connectivity index is 2.32. The lowest BCUT2D eigenvalue weighted by molar-refractivity contribution is 0.648. The predicted molar refractivity (Wildman–Crippen MR) is 60.1 cm³/mol. The summed E-state index contributed by atoms with van der Waals surface area (Å²) in [7, 11) is 0. The number of halogens is 1. The first kappa shape index (κ1) is 9.98. The molecule has 2 nitrogen and oxygen atoms in total. The number of aromatic nitrogens is 2. The molecule has 2 heterocycles. The van der Waals surface area contributed by atoms with Crippen molar-refractivity contribution < 1.29 is 4.39 Å². The van der Waals surface area contributed by atoms with Crippen molar-refractivity contribution in [1.82, 2.24) is 9.97 Å². The van der Waals surface area contributed by atoms with Gasteiger partial charge < -0.3 is 0 Å². The van der Waals surface area contributed by atoms with Crippen molar-refractivity contribution in [3.8, 4) is 10.6 Å². The number of hydrogen-bond donors (Lipinski definition) is 0. The highest BCUT2D eigenvalue weighted by molar-refractivity contribution is 7.13. The first-order valence-corrected chi connectivity index (χ1v) is 5.32. The third-order valence-corrected chi connectivity index (χ3v) is 2.77. The van der Waals surface area contributed by atoms with Gasteiger partial charge in [0.05, 0.1) is 22.6 Å². The fraction of sp³-hybridized carbons (Fsp3) is 0.0909. The van der Waals surface area contributed by atoms with Crippen molar-refractivity contribution in [1.29, 1.82) is 0 Å². The van der Waals surface area contributed by atoms with E-state index in [0.29, 0.717) is 0 Å². The normalized spacial score (nSPS) is 11.7. The van der Waals surface area contributed by atoms with Gasteiger partial charge in [0.15, 0.2) is 0 Å². The minimum atomic E-state index is -0.196. The zero-order chi connectivity index (χ0) is 10.7. The van der Waals surface area contributed by atoms with Crippen LogP contribution in [0.5, 0.6) is 0 Å². The number of thiophene rings is 1. The molecular formula is C11H9FN2S. The highest BCUT2D eigenvalue weighted by Gasteiger charge is 2.02. The fourth-order valence-corrected chi connectivity index (χ4v) is 2.05. The molecule has 76 valence electrons. The zero-order valence-electron chi connectivity index (χ0n) is 8.14. The third kappa shape index (κ3) is 2.47. The topological polar surface area (TPSA) is 25.8 Å². The molecular weight excluding hydrogens is 211 g/mol. The standard InChI is InChI=1S/C11H9FN2S/c1-8(12)4-9-5-11(15-7-9)10-6-13-2-3-14-10/h2-7H,1H3/b8-4+. The summed E-state index contributed by atoms with van der Waals surface area (Å²) in [6.07, 6.45) is 6.46. The van der Waals surface area contributed by atoms with E-state index in [-0.39, 0.29) is 5.83 Å². The SMILES string of the molecule is C/C(F)=C\c1csc(-c2cnccn2)c1. The van der Waals surface area contributed by atoms with E-state index < -0.39 is 0 Å². The molecule has 0 saturated carbocycles. The van der Waals surface area contributed by atoms with Crippen molar-refractivity contribution in [2.45, 2.75) is 6.92 Å². The number of nitrogens with zero attached hydrogens (tertiary/aromatic N) is 2. The highest BCUT2D eigenvalue weighted by Crippen LogP contribution is 2.26. The van der Waals surface area contributed by atoms with Crippen molar-refractivity contribution in [3.63, 3.8) is 0 Å². The van der Waals surface area contributed by atoms with Gasteiger partial charge in [0.25, 0.3) is 0 Å². The molecule has 2 aromatic heterocycles. The molecule has 0 N–H and O–H groups in total. The van der Waals surface area contributed by atoms with Crippen LogP contribution in [0, 0.1) is 0 Å². The summed E-state index contributed by atoms with van der Waals surface area (Å²) in [5, 5.41) is 1.90. The zero-order valence-corrected chi connectivity index (χ0v) is 8.96. The highest BCUT2D eigenvalue weighted by atomic mass is 32.1. The fourth-order valence-electron chi connectivity index (χ4n) is 1.22. The molecule has 0 bridgehead atoms. The molecule has 0 aromatic carbocycles. The summed E-state index contributed by atoms with van der Waals surface area (Å²) in [5.74, 6) is -0.196. The molecule has 0 aliphatic heterocycles. The molecule has 0 unspecified atom stereocenters. The summed E-state index contributed by atoms with van der Waals surface area (Å²) in [6, 6.07) is 1.90. The van der Waals surface area contributed by atoms with E-state index in [2.05, 4.69) is 9.97 Å². The van der Waals surface area contributed by atoms with Crippen molar-refractivity contribution in [3.05, 3.63) is 41.4 Å². The average molecular weight is 220 g/mol. The summed E-state index contributed by atoms with van der Waals surface area (Å²) in [6.45, 7) is 1.43. The van der Waals surface area contributed by atoms with Gasteiger partial charge in [0.2, 0.25) is 0 Å². The molecule has 0 saturated heterocycles. The maximum atomic E-state index is 12.6. The minimum absolute atomic E-state index is 0.196. The molecule has 0 amide bonds. The quantitative estimate of drug-likeness (QED) is 0.773. The van der Waals surface area contributed by atoms with E-state index >= 15 is 0 Å². The maximum absolute atomic E-state index is 12.6. The molecule has 0 fully saturated rings. The van der Waals surface area contributed by atoms with Crippen LogP contribution in [0.4, 0.5) is 4.39 Å². The summed E-state index contributed by atoms with van der Waals surface area (Å²) >= 11 is 1.53. The number of rotatable bonds is 2. The second-order valence-corrected chi connectivity index (χ2v) is 3.98. The molecule has 15 heavy (non-hydrogen) atoms. The largest absolute Gasteiger partial charge is 0.261 e. The second kappa shape index (κ2) is 4.31. The van der Waals surface area contributed by atoms with Gasteiger partial charge in [-0.15, -0.1) is 11.3 Å². The van der Waals surface area contributed by atoms with Crippen LogP contribution in [0.15, 0.2) is 35.9 Å². The Labute approximate surface area is 91.1 Å². The Kier molecular flexibility index (Phi) is 2.87. The Morgan fingerprint density at radius 3 is 3.00 bits per heavy atom. The van der Waals surface area contributed by atoms with Crippen LogP contribution in [0.3, 0.4) is 0 Å². The van der Waals surface area contributed by atoms with Gasteiger partial charge in [-0.25, -0.2) is 4.39 Å². The second-order valence-electron chi connectivity index (χ2n) is 3.07. The predicted octanol–water partition coefficient (Wildman–Crippen LogP) is 3.54. The van der Waals surface area contributed by atoms with Gasteiger partial charge in [0.1, 0.15) is 0 Å². The lowest BCUT2D eigenvalue weighted by Gasteiger charge is -1.92. The van der Waals surface area contributed by atoms with Crippen LogP contribution < -0.4 is 0 Å². The lowest BCUT2D eigenvalue weighted by Crippen LogP contribution is -1.79. The Hall–Kier alpha value is -1.55. The van der Waals surface area contributed by atoms with Crippen LogP contribution in [-0.2, 0) is 0 Å². The van der Waals surface area contributed by atoms with Gasteiger partial charge in [-0.3, -0.25) is 9.97 Å². The van der Waals surface area contributed by atoms with E-state index in [1.165, 1.54) is 24.3 Å². The monoisotopic (exact) mass is 220 g/mol. The van der Waals surface area contributed by atoms with E-state index in [9.17, 15) is 4.39 Å². The Morgan fingerprint density at radius 2 is 2.33 bits per heavy atom. The number of allylic oxidation sites excluding steroid dienone is 1. The Morgan fingerprint density at radius 1 is 1.47 bits per heavy atom. The van der Waals surface area contributed by atoms with Gasteiger partial charge in [-0.1, -0.05) is 0 Å². The molecule has 0 aliphatic rings. The van der Waals surface area contributed by atoms with Crippen LogP contribution in [0.2, 0.25) is 0 Å². The van der Waals surface area contributed by atoms with Gasteiger partial charge in [-0.05, 0) is 30.0 Å². The molecule has 0 spiro atoms. The number of hydrogen-bond acceptors (Lipinski definition) is 3. The molecule has 2 aromatic rings. The van der Waals surface area contributed by atoms with Crippen LogP contribution >= 0.6 is 11.3 Å². The van der Waals surface area contributed by atoms with Gasteiger partial charge in [0, 0.05) is 12.4 Å². The molecule has 2 rings (SSSR count). The van der Waals surface area contributed by atoms with Crippen LogP contribution in [0.1, 0.15) is 12.5 Å². The van der Waals surface area contributed by atoms with Crippen molar-refractivity contribution in [2.24, 2.45) is 0 Å². The van der Waals surface area contributed by atoms with Crippen molar-refractivity contribution >= 4 is 17.4 Å². The molecule has 4 heteroatoms. The maximum Gasteiger partial charge on any atom is 0.0984 e. The average Bonchev–Trinajstić information content (AvgIpc) is 2.67. The molecule has 0 radical (unpaired) electrons. The van der Waals surface area contributed by atoms with E-state index in [0.717, 1.165) is 16.1 Å². The van der Waals surface area contributed by atoms with E-state index in [4.69, 9.17) is 0 Å². The summed E-state index contributed by atoms with van der Waals surface area (Å²) in [4.78, 5) is 9.16. The summed E-state index contributed by atoms with van der Waals surface area (Å²) < 4.78 is 12.6. The molecule has 0 atom stereocenters. The summed E-state index contributed by atoms with van der Waals surface area (Å²) in [5.41, 5.74) is 1.68.